The van der Waals surface area contributed by atoms with E-state index in [2.05, 4.69) is 0 Å². The van der Waals surface area contributed by atoms with Crippen LogP contribution in [-0.2, 0) is 4.79 Å². The average Bonchev–Trinajstić information content (AvgIpc) is 2.28. The third kappa shape index (κ3) is 5.20. The molecule has 2 nitrogen and oxygen atoms in total. The van der Waals surface area contributed by atoms with Crippen LogP contribution in [0, 0.1) is 0 Å². The molecule has 4 heteroatoms. The zero-order chi connectivity index (χ0) is 12.7. The molecule has 0 bridgehead atoms. The van der Waals surface area contributed by atoms with Crippen LogP contribution in [-0.4, -0.2) is 17.2 Å². The second-order valence-corrected chi connectivity index (χ2v) is 5.13. The van der Waals surface area contributed by atoms with E-state index in [1.54, 1.807) is 25.1 Å². The zero-order valence-corrected chi connectivity index (χ0v) is 11.1. The Hall–Kier alpha value is -1.06. The van der Waals surface area contributed by atoms with Crippen LogP contribution in [0.2, 0.25) is 5.02 Å². The maximum atomic E-state index is 10.8. The van der Waals surface area contributed by atoms with Gasteiger partial charge in [-0.25, -0.2) is 0 Å². The van der Waals surface area contributed by atoms with E-state index < -0.39 is 0 Å². The van der Waals surface area contributed by atoms with Gasteiger partial charge in [0.05, 0.1) is 0 Å². The van der Waals surface area contributed by atoms with Crippen molar-refractivity contribution >= 4 is 40.8 Å². The highest BCUT2D eigenvalue weighted by atomic mass is 35.5. The molecule has 0 aliphatic carbocycles. The zero-order valence-electron chi connectivity index (χ0n) is 9.48. The highest BCUT2D eigenvalue weighted by Gasteiger charge is 1.99. The van der Waals surface area contributed by atoms with Gasteiger partial charge in [0.2, 0.25) is 0 Å². The number of rotatable bonds is 5. The lowest BCUT2D eigenvalue weighted by Gasteiger charge is -1.99. The number of hydrogen-bond acceptors (Lipinski definition) is 3. The summed E-state index contributed by atoms with van der Waals surface area (Å²) in [5.41, 5.74) is 1.42. The minimum atomic E-state index is 0.120. The molecule has 0 atom stereocenters. The predicted octanol–water partition coefficient (Wildman–Crippen LogP) is 3.84. The first kappa shape index (κ1) is 14.0. The van der Waals surface area contributed by atoms with Crippen LogP contribution in [0.15, 0.2) is 24.3 Å². The van der Waals surface area contributed by atoms with E-state index in [1.165, 1.54) is 11.8 Å². The summed E-state index contributed by atoms with van der Waals surface area (Å²) in [7, 11) is 0. The van der Waals surface area contributed by atoms with E-state index in [-0.39, 0.29) is 5.12 Å². The molecule has 0 aliphatic heterocycles. The molecule has 0 aromatic heterocycles. The highest BCUT2D eigenvalue weighted by Crippen LogP contribution is 2.16. The SMILES string of the molecule is CC(=O)SCCC=Cc1cc(Cl)ccc1C=O. The molecule has 1 rings (SSSR count). The first-order chi connectivity index (χ1) is 8.13. The van der Waals surface area contributed by atoms with Crippen LogP contribution in [0.5, 0.6) is 0 Å². The number of aldehydes is 1. The van der Waals surface area contributed by atoms with E-state index in [9.17, 15) is 9.59 Å². The number of halogens is 1. The van der Waals surface area contributed by atoms with Crippen LogP contribution in [0.3, 0.4) is 0 Å². The second-order valence-electron chi connectivity index (χ2n) is 3.42. The van der Waals surface area contributed by atoms with Crippen LogP contribution < -0.4 is 0 Å². The van der Waals surface area contributed by atoms with Gasteiger partial charge in [0, 0.05) is 23.3 Å². The van der Waals surface area contributed by atoms with Gasteiger partial charge in [-0.15, -0.1) is 0 Å². The van der Waals surface area contributed by atoms with Crippen LogP contribution in [0.25, 0.3) is 6.08 Å². The van der Waals surface area contributed by atoms with Gasteiger partial charge in [0.25, 0.3) is 0 Å². The maximum absolute atomic E-state index is 10.8. The van der Waals surface area contributed by atoms with Gasteiger partial charge >= 0.3 is 0 Å². The number of thioether (sulfide) groups is 1. The number of benzene rings is 1. The van der Waals surface area contributed by atoms with E-state index in [0.29, 0.717) is 10.6 Å². The average molecular weight is 269 g/mol. The Kier molecular flexibility index (Phi) is 6.01. The number of carbonyl (C=O) groups is 2. The smallest absolute Gasteiger partial charge is 0.185 e. The topological polar surface area (TPSA) is 34.1 Å². The third-order valence-corrected chi connectivity index (χ3v) is 3.14. The largest absolute Gasteiger partial charge is 0.298 e. The number of carbonyl (C=O) groups excluding carboxylic acids is 2. The molecule has 90 valence electrons. The van der Waals surface area contributed by atoms with Crippen LogP contribution in [0.4, 0.5) is 0 Å². The summed E-state index contributed by atoms with van der Waals surface area (Å²) in [6.45, 7) is 1.55. The molecule has 0 saturated heterocycles. The lowest BCUT2D eigenvalue weighted by molar-refractivity contribution is -0.109. The molecule has 0 amide bonds. The first-order valence-corrected chi connectivity index (χ1v) is 6.54. The highest BCUT2D eigenvalue weighted by molar-refractivity contribution is 8.13. The quantitative estimate of drug-likeness (QED) is 0.601. The van der Waals surface area contributed by atoms with Crippen molar-refractivity contribution < 1.29 is 9.59 Å². The van der Waals surface area contributed by atoms with Crippen molar-refractivity contribution in [1.29, 1.82) is 0 Å². The minimum absolute atomic E-state index is 0.120. The lowest BCUT2D eigenvalue weighted by Crippen LogP contribution is -1.86. The molecule has 0 heterocycles. The Morgan fingerprint density at radius 3 is 2.82 bits per heavy atom. The second kappa shape index (κ2) is 7.30. The van der Waals surface area contributed by atoms with Gasteiger partial charge in [-0.3, -0.25) is 9.59 Å². The van der Waals surface area contributed by atoms with E-state index in [4.69, 9.17) is 11.6 Å². The molecule has 0 aliphatic rings. The Bertz CT molecular complexity index is 441. The Labute approximate surface area is 110 Å². The summed E-state index contributed by atoms with van der Waals surface area (Å²) in [5.74, 6) is 0.753. The van der Waals surface area contributed by atoms with Crippen molar-refractivity contribution in [3.05, 3.63) is 40.4 Å². The Morgan fingerprint density at radius 1 is 1.41 bits per heavy atom. The van der Waals surface area contributed by atoms with Crippen LogP contribution >= 0.6 is 23.4 Å². The lowest BCUT2D eigenvalue weighted by atomic mass is 10.1. The van der Waals surface area contributed by atoms with Gasteiger partial charge in [-0.2, -0.15) is 0 Å². The van der Waals surface area contributed by atoms with E-state index in [1.807, 2.05) is 12.2 Å². The first-order valence-electron chi connectivity index (χ1n) is 5.18. The molecule has 17 heavy (non-hydrogen) atoms. The van der Waals surface area contributed by atoms with Gasteiger partial charge in [-0.1, -0.05) is 35.5 Å². The maximum Gasteiger partial charge on any atom is 0.185 e. The van der Waals surface area contributed by atoms with Gasteiger partial charge in [0.15, 0.2) is 11.4 Å². The van der Waals surface area contributed by atoms with Crippen LogP contribution in [0.1, 0.15) is 29.3 Å². The monoisotopic (exact) mass is 268 g/mol. The predicted molar refractivity (Wildman–Crippen MR) is 73.6 cm³/mol. The summed E-state index contributed by atoms with van der Waals surface area (Å²) in [4.78, 5) is 21.5. The fourth-order valence-corrected chi connectivity index (χ4v) is 2.00. The Morgan fingerprint density at radius 2 is 2.18 bits per heavy atom. The number of hydrogen-bond donors (Lipinski definition) is 0. The van der Waals surface area contributed by atoms with Gasteiger partial charge in [-0.05, 0) is 30.2 Å². The third-order valence-electron chi connectivity index (χ3n) is 2.06. The van der Waals surface area contributed by atoms with Gasteiger partial charge < -0.3 is 0 Å². The molecule has 1 aromatic rings. The molecule has 0 radical (unpaired) electrons. The Balaban J connectivity index is 2.60. The fourth-order valence-electron chi connectivity index (χ4n) is 1.28. The van der Waals surface area contributed by atoms with Crippen molar-refractivity contribution in [3.8, 4) is 0 Å². The van der Waals surface area contributed by atoms with Crippen molar-refractivity contribution in [1.82, 2.24) is 0 Å². The van der Waals surface area contributed by atoms with Crippen molar-refractivity contribution in [2.24, 2.45) is 0 Å². The standard InChI is InChI=1S/C13H13ClO2S/c1-10(16)17-7-3-2-4-11-8-13(14)6-5-12(11)9-15/h2,4-6,8-9H,3,7H2,1H3. The molecule has 0 saturated carbocycles. The van der Waals surface area contributed by atoms with Crippen molar-refractivity contribution in [3.63, 3.8) is 0 Å². The van der Waals surface area contributed by atoms with Crippen molar-refractivity contribution in [2.45, 2.75) is 13.3 Å². The molecule has 0 unspecified atom stereocenters. The normalized spacial score (nSPS) is 10.7. The molecule has 0 fully saturated rings. The van der Waals surface area contributed by atoms with Crippen molar-refractivity contribution in [2.75, 3.05) is 5.75 Å². The molecular formula is C13H13ClO2S. The molecular weight excluding hydrogens is 256 g/mol. The summed E-state index contributed by atoms with van der Waals surface area (Å²) >= 11 is 7.15. The molecule has 1 aromatic carbocycles. The molecule has 0 N–H and O–H groups in total. The molecule has 0 spiro atoms. The number of allylic oxidation sites excluding steroid dienone is 1. The summed E-state index contributed by atoms with van der Waals surface area (Å²) < 4.78 is 0. The summed E-state index contributed by atoms with van der Waals surface area (Å²) in [6.07, 6.45) is 5.39. The van der Waals surface area contributed by atoms with E-state index in [0.717, 1.165) is 24.0 Å². The summed E-state index contributed by atoms with van der Waals surface area (Å²) in [5, 5.41) is 0.725. The van der Waals surface area contributed by atoms with Gasteiger partial charge in [0.1, 0.15) is 0 Å². The fraction of sp³-hybridized carbons (Fsp3) is 0.231. The summed E-state index contributed by atoms with van der Waals surface area (Å²) in [6, 6.07) is 5.13. The minimum Gasteiger partial charge on any atom is -0.298 e. The van der Waals surface area contributed by atoms with E-state index >= 15 is 0 Å².